The minimum absolute atomic E-state index is 0.172. The lowest BCUT2D eigenvalue weighted by molar-refractivity contribution is -0.113. The Labute approximate surface area is 193 Å². The Kier molecular flexibility index (Phi) is 8.22. The summed E-state index contributed by atoms with van der Waals surface area (Å²) in [6.45, 7) is 0. The van der Waals surface area contributed by atoms with Crippen LogP contribution in [0.5, 0.6) is 11.5 Å². The van der Waals surface area contributed by atoms with Gasteiger partial charge in [0.05, 0.1) is 35.7 Å². The van der Waals surface area contributed by atoms with Gasteiger partial charge in [-0.1, -0.05) is 29.8 Å². The molecule has 9 heteroatoms. The molecular formula is C22H21ClN2O4S2. The van der Waals surface area contributed by atoms with Crippen LogP contribution in [0.4, 0.5) is 11.4 Å². The van der Waals surface area contributed by atoms with E-state index in [2.05, 4.69) is 10.6 Å². The fraction of sp³-hybridized carbons (Fsp3) is 0.182. The number of nitrogens with one attached hydrogen (secondary N) is 2. The maximum absolute atomic E-state index is 12.5. The number of ether oxygens (including phenoxy) is 2. The van der Waals surface area contributed by atoms with Crippen molar-refractivity contribution < 1.29 is 19.1 Å². The summed E-state index contributed by atoms with van der Waals surface area (Å²) in [6, 6.07) is 15.9. The van der Waals surface area contributed by atoms with Crippen LogP contribution in [-0.2, 0) is 10.5 Å². The van der Waals surface area contributed by atoms with Gasteiger partial charge in [-0.2, -0.15) is 0 Å². The first-order valence-corrected chi connectivity index (χ1v) is 11.6. The van der Waals surface area contributed by atoms with Gasteiger partial charge in [0.25, 0.3) is 5.91 Å². The van der Waals surface area contributed by atoms with E-state index >= 15 is 0 Å². The van der Waals surface area contributed by atoms with Gasteiger partial charge in [-0.25, -0.2) is 0 Å². The quantitative estimate of drug-likeness (QED) is 0.424. The molecule has 2 N–H and O–H groups in total. The highest BCUT2D eigenvalue weighted by Gasteiger charge is 2.16. The van der Waals surface area contributed by atoms with Crippen molar-refractivity contribution >= 4 is 57.9 Å². The molecule has 0 spiro atoms. The maximum atomic E-state index is 12.5. The molecule has 0 bridgehead atoms. The average molecular weight is 477 g/mol. The SMILES string of the molecule is COc1cc(NC(=O)c2ccccc2)c(OC)cc1NC(=O)CSCc1ccc(Cl)s1. The van der Waals surface area contributed by atoms with Crippen LogP contribution in [0, 0.1) is 0 Å². The van der Waals surface area contributed by atoms with E-state index in [9.17, 15) is 9.59 Å². The molecule has 0 unspecified atom stereocenters. The van der Waals surface area contributed by atoms with E-state index in [-0.39, 0.29) is 17.6 Å². The number of hydrogen-bond acceptors (Lipinski definition) is 6. The molecule has 31 heavy (non-hydrogen) atoms. The van der Waals surface area contributed by atoms with Crippen molar-refractivity contribution in [1.29, 1.82) is 0 Å². The summed E-state index contributed by atoms with van der Waals surface area (Å²) in [5.41, 5.74) is 1.42. The molecule has 0 aliphatic rings. The second-order valence-electron chi connectivity index (χ2n) is 6.32. The summed E-state index contributed by atoms with van der Waals surface area (Å²) in [5, 5.41) is 5.66. The molecule has 162 valence electrons. The molecule has 1 aromatic heterocycles. The first-order chi connectivity index (χ1) is 15.0. The molecule has 2 amide bonds. The first-order valence-electron chi connectivity index (χ1n) is 9.24. The molecule has 0 saturated heterocycles. The predicted octanol–water partition coefficient (Wildman–Crippen LogP) is 5.54. The van der Waals surface area contributed by atoms with E-state index < -0.39 is 0 Å². The van der Waals surface area contributed by atoms with E-state index in [1.807, 2.05) is 18.2 Å². The van der Waals surface area contributed by atoms with Crippen molar-refractivity contribution in [3.8, 4) is 11.5 Å². The highest BCUT2D eigenvalue weighted by atomic mass is 35.5. The van der Waals surface area contributed by atoms with Gasteiger partial charge in [0.1, 0.15) is 11.5 Å². The number of amides is 2. The molecule has 1 heterocycles. The topological polar surface area (TPSA) is 76.7 Å². The van der Waals surface area contributed by atoms with Crippen LogP contribution in [0.3, 0.4) is 0 Å². The Morgan fingerprint density at radius 1 is 0.968 bits per heavy atom. The van der Waals surface area contributed by atoms with Crippen LogP contribution in [0.2, 0.25) is 4.34 Å². The zero-order valence-corrected chi connectivity index (χ0v) is 19.3. The Hall–Kier alpha value is -2.68. The number of thiophene rings is 1. The molecule has 0 atom stereocenters. The Morgan fingerprint density at radius 2 is 1.61 bits per heavy atom. The third kappa shape index (κ3) is 6.40. The van der Waals surface area contributed by atoms with Crippen molar-refractivity contribution in [2.75, 3.05) is 30.6 Å². The molecule has 3 rings (SSSR count). The molecule has 3 aromatic rings. The molecule has 0 radical (unpaired) electrons. The van der Waals surface area contributed by atoms with Gasteiger partial charge in [-0.3, -0.25) is 9.59 Å². The largest absolute Gasteiger partial charge is 0.494 e. The summed E-state index contributed by atoms with van der Waals surface area (Å²) < 4.78 is 11.5. The van der Waals surface area contributed by atoms with Gasteiger partial charge in [0.15, 0.2) is 0 Å². The van der Waals surface area contributed by atoms with Crippen molar-refractivity contribution in [3.05, 3.63) is 69.4 Å². The number of hydrogen-bond donors (Lipinski definition) is 2. The molecule has 2 aromatic carbocycles. The zero-order valence-electron chi connectivity index (χ0n) is 16.9. The fourth-order valence-electron chi connectivity index (χ4n) is 2.74. The van der Waals surface area contributed by atoms with E-state index in [1.165, 1.54) is 37.3 Å². The summed E-state index contributed by atoms with van der Waals surface area (Å²) in [4.78, 5) is 26.0. The second kappa shape index (κ2) is 11.1. The Morgan fingerprint density at radius 3 is 2.19 bits per heavy atom. The molecule has 0 aliphatic heterocycles. The standard InChI is InChI=1S/C22H21ClN2O4S2/c1-28-18-11-17(25-22(27)14-6-4-3-5-7-14)19(29-2)10-16(18)24-21(26)13-30-12-15-8-9-20(23)31-15/h3-11H,12-13H2,1-2H3,(H,24,26)(H,25,27). The molecule has 0 saturated carbocycles. The zero-order chi connectivity index (χ0) is 22.2. The van der Waals surface area contributed by atoms with Crippen LogP contribution >= 0.6 is 34.7 Å². The summed E-state index contributed by atoms with van der Waals surface area (Å²) >= 11 is 8.92. The third-order valence-electron chi connectivity index (χ3n) is 4.19. The van der Waals surface area contributed by atoms with Gasteiger partial charge in [0.2, 0.25) is 5.91 Å². The summed E-state index contributed by atoms with van der Waals surface area (Å²) in [7, 11) is 2.99. The van der Waals surface area contributed by atoms with Crippen LogP contribution in [0.25, 0.3) is 0 Å². The summed E-state index contributed by atoms with van der Waals surface area (Å²) in [5.74, 6) is 1.34. The number of rotatable bonds is 9. The highest BCUT2D eigenvalue weighted by molar-refractivity contribution is 7.99. The van der Waals surface area contributed by atoms with Crippen molar-refractivity contribution in [3.63, 3.8) is 0 Å². The summed E-state index contributed by atoms with van der Waals surface area (Å²) in [6.07, 6.45) is 0. The Balaban J connectivity index is 1.67. The first kappa shape index (κ1) is 23.0. The maximum Gasteiger partial charge on any atom is 0.255 e. The number of carbonyl (C=O) groups is 2. The number of halogens is 1. The second-order valence-corrected chi connectivity index (χ2v) is 9.10. The lowest BCUT2D eigenvalue weighted by Gasteiger charge is -2.16. The van der Waals surface area contributed by atoms with Gasteiger partial charge in [-0.15, -0.1) is 23.1 Å². The van der Waals surface area contributed by atoms with E-state index in [0.717, 1.165) is 9.21 Å². The van der Waals surface area contributed by atoms with Crippen LogP contribution in [0.1, 0.15) is 15.2 Å². The monoisotopic (exact) mass is 476 g/mol. The van der Waals surface area contributed by atoms with Crippen molar-refractivity contribution in [2.45, 2.75) is 5.75 Å². The van der Waals surface area contributed by atoms with Crippen LogP contribution in [0.15, 0.2) is 54.6 Å². The lowest BCUT2D eigenvalue weighted by Crippen LogP contribution is -2.16. The average Bonchev–Trinajstić information content (AvgIpc) is 3.19. The Bertz CT molecular complexity index is 1060. The van der Waals surface area contributed by atoms with Crippen LogP contribution in [-0.4, -0.2) is 31.8 Å². The highest BCUT2D eigenvalue weighted by Crippen LogP contribution is 2.37. The lowest BCUT2D eigenvalue weighted by atomic mass is 10.2. The number of benzene rings is 2. The molecule has 0 fully saturated rings. The van der Waals surface area contributed by atoms with Crippen LogP contribution < -0.4 is 20.1 Å². The van der Waals surface area contributed by atoms with Gasteiger partial charge in [-0.05, 0) is 24.3 Å². The molecular weight excluding hydrogens is 456 g/mol. The third-order valence-corrected chi connectivity index (χ3v) is 6.58. The number of carbonyl (C=O) groups excluding carboxylic acids is 2. The van der Waals surface area contributed by atoms with Crippen molar-refractivity contribution in [2.24, 2.45) is 0 Å². The number of anilines is 2. The fourth-order valence-corrected chi connectivity index (χ4v) is 4.76. The minimum Gasteiger partial charge on any atom is -0.494 e. The van der Waals surface area contributed by atoms with Gasteiger partial charge in [0, 0.05) is 28.3 Å². The van der Waals surface area contributed by atoms with E-state index in [4.69, 9.17) is 21.1 Å². The smallest absolute Gasteiger partial charge is 0.255 e. The van der Waals surface area contributed by atoms with Gasteiger partial charge >= 0.3 is 0 Å². The minimum atomic E-state index is -0.275. The van der Waals surface area contributed by atoms with E-state index in [0.29, 0.717) is 34.2 Å². The normalized spacial score (nSPS) is 10.4. The van der Waals surface area contributed by atoms with E-state index in [1.54, 1.807) is 36.4 Å². The number of methoxy groups -OCH3 is 2. The molecule has 6 nitrogen and oxygen atoms in total. The number of thioether (sulfide) groups is 1. The predicted molar refractivity (Wildman–Crippen MR) is 128 cm³/mol. The van der Waals surface area contributed by atoms with Gasteiger partial charge < -0.3 is 20.1 Å². The van der Waals surface area contributed by atoms with Crippen molar-refractivity contribution in [1.82, 2.24) is 0 Å². The molecule has 0 aliphatic carbocycles.